The lowest BCUT2D eigenvalue weighted by molar-refractivity contribution is -0.123. The fourth-order valence-electron chi connectivity index (χ4n) is 3.05. The molecule has 3 rings (SSSR count). The van der Waals surface area contributed by atoms with Crippen LogP contribution in [0.2, 0.25) is 0 Å². The van der Waals surface area contributed by atoms with Gasteiger partial charge in [0.05, 0.1) is 21.8 Å². The highest BCUT2D eigenvalue weighted by atomic mass is 32.2. The third-order valence-corrected chi connectivity index (χ3v) is 7.92. The van der Waals surface area contributed by atoms with Gasteiger partial charge in [-0.1, -0.05) is 0 Å². The second-order valence-electron chi connectivity index (χ2n) is 7.27. The van der Waals surface area contributed by atoms with Crippen LogP contribution in [0.4, 0.5) is 15.8 Å². The molecular weight excluding hydrogens is 407 g/mol. The molecule has 7 nitrogen and oxygen atoms in total. The summed E-state index contributed by atoms with van der Waals surface area (Å²) in [6.07, 6.45) is 0. The van der Waals surface area contributed by atoms with Gasteiger partial charge in [-0.25, -0.2) is 25.5 Å². The Hall–Kier alpha value is -2.46. The van der Waals surface area contributed by atoms with E-state index in [1.165, 1.54) is 37.3 Å². The molecule has 0 aromatic heterocycles. The van der Waals surface area contributed by atoms with Gasteiger partial charge < -0.3 is 0 Å². The van der Waals surface area contributed by atoms with Crippen LogP contribution in [-0.4, -0.2) is 28.5 Å². The molecule has 0 atom stereocenters. The maximum Gasteiger partial charge on any atom is 0.262 e. The normalized spacial score (nSPS) is 18.3. The first-order chi connectivity index (χ1) is 12.8. The van der Waals surface area contributed by atoms with Crippen LogP contribution in [0.15, 0.2) is 47.4 Å². The van der Waals surface area contributed by atoms with Crippen molar-refractivity contribution in [3.05, 3.63) is 53.8 Å². The zero-order valence-electron chi connectivity index (χ0n) is 15.4. The topological polar surface area (TPSA) is 101 Å². The Morgan fingerprint density at radius 2 is 1.71 bits per heavy atom. The number of nitrogens with zero attached hydrogens (tertiary/aromatic N) is 1. The maximum atomic E-state index is 13.0. The first-order valence-corrected chi connectivity index (χ1v) is 11.4. The molecule has 1 fully saturated rings. The molecule has 150 valence electrons. The van der Waals surface area contributed by atoms with Gasteiger partial charge in [-0.05, 0) is 68.8 Å². The van der Waals surface area contributed by atoms with Crippen LogP contribution < -0.4 is 9.03 Å². The smallest absolute Gasteiger partial charge is 0.262 e. The SMILES string of the molecule is Cc1cc(N2C(=O)C(C)(C)CS2(=O)=O)ccc1S(=O)(=O)Nc1ccc(F)cc1. The zero-order chi connectivity index (χ0) is 20.9. The molecular formula is C18H19FN2O5S2. The van der Waals surface area contributed by atoms with E-state index >= 15 is 0 Å². The van der Waals surface area contributed by atoms with Gasteiger partial charge in [0.1, 0.15) is 5.82 Å². The Bertz CT molecular complexity index is 1160. The van der Waals surface area contributed by atoms with Crippen molar-refractivity contribution in [1.29, 1.82) is 0 Å². The highest BCUT2D eigenvalue weighted by molar-refractivity contribution is 7.94. The summed E-state index contributed by atoms with van der Waals surface area (Å²) in [6.45, 7) is 4.59. The van der Waals surface area contributed by atoms with Gasteiger partial charge in [0, 0.05) is 5.69 Å². The van der Waals surface area contributed by atoms with Crippen LogP contribution in [0, 0.1) is 18.2 Å². The number of hydrogen-bond donors (Lipinski definition) is 1. The van der Waals surface area contributed by atoms with Crippen molar-refractivity contribution in [2.24, 2.45) is 5.41 Å². The Kier molecular flexibility index (Phi) is 4.75. The van der Waals surface area contributed by atoms with Gasteiger partial charge >= 0.3 is 0 Å². The molecule has 28 heavy (non-hydrogen) atoms. The molecule has 0 aliphatic carbocycles. The Labute approximate surface area is 163 Å². The fraction of sp³-hybridized carbons (Fsp3) is 0.278. The Morgan fingerprint density at radius 3 is 2.21 bits per heavy atom. The second kappa shape index (κ2) is 6.56. The first-order valence-electron chi connectivity index (χ1n) is 8.30. The van der Waals surface area contributed by atoms with E-state index < -0.39 is 37.2 Å². The summed E-state index contributed by atoms with van der Waals surface area (Å²) in [6, 6.07) is 8.69. The highest BCUT2D eigenvalue weighted by Gasteiger charge is 2.50. The summed E-state index contributed by atoms with van der Waals surface area (Å²) < 4.78 is 66.1. The monoisotopic (exact) mass is 426 g/mol. The molecule has 0 spiro atoms. The maximum absolute atomic E-state index is 13.0. The predicted molar refractivity (Wildman–Crippen MR) is 103 cm³/mol. The summed E-state index contributed by atoms with van der Waals surface area (Å²) in [5.41, 5.74) is -0.515. The van der Waals surface area contributed by atoms with E-state index in [9.17, 15) is 26.0 Å². The number of sulfonamides is 2. The van der Waals surface area contributed by atoms with Crippen molar-refractivity contribution in [1.82, 2.24) is 0 Å². The largest absolute Gasteiger partial charge is 0.280 e. The van der Waals surface area contributed by atoms with E-state index in [0.29, 0.717) is 0 Å². The molecule has 1 heterocycles. The molecule has 0 unspecified atom stereocenters. The standard InChI is InChI=1S/C18H19FN2O5S2/c1-12-10-15(21-17(22)18(2,3)11-27(21,23)24)8-9-16(12)28(25,26)20-14-6-4-13(19)5-7-14/h4-10,20H,11H2,1-3H3. The lowest BCUT2D eigenvalue weighted by Crippen LogP contribution is -2.33. The number of carbonyl (C=O) groups is 1. The fourth-order valence-corrected chi connectivity index (χ4v) is 6.44. The Morgan fingerprint density at radius 1 is 1.11 bits per heavy atom. The van der Waals surface area contributed by atoms with Crippen molar-refractivity contribution < 1.29 is 26.0 Å². The van der Waals surface area contributed by atoms with E-state index in [0.717, 1.165) is 16.4 Å². The molecule has 1 amide bonds. The van der Waals surface area contributed by atoms with Crippen molar-refractivity contribution in [3.63, 3.8) is 0 Å². The van der Waals surface area contributed by atoms with Gasteiger partial charge in [-0.3, -0.25) is 9.52 Å². The van der Waals surface area contributed by atoms with Crippen LogP contribution in [0.5, 0.6) is 0 Å². The van der Waals surface area contributed by atoms with E-state index in [1.54, 1.807) is 13.8 Å². The molecule has 2 aromatic carbocycles. The summed E-state index contributed by atoms with van der Waals surface area (Å²) in [7, 11) is -7.82. The summed E-state index contributed by atoms with van der Waals surface area (Å²) >= 11 is 0. The van der Waals surface area contributed by atoms with Crippen LogP contribution >= 0.6 is 0 Å². The van der Waals surface area contributed by atoms with Crippen molar-refractivity contribution in [2.45, 2.75) is 25.7 Å². The molecule has 2 aromatic rings. The minimum Gasteiger partial charge on any atom is -0.280 e. The average molecular weight is 426 g/mol. The zero-order valence-corrected chi connectivity index (χ0v) is 17.1. The van der Waals surface area contributed by atoms with Crippen LogP contribution in [0.1, 0.15) is 19.4 Å². The lowest BCUT2D eigenvalue weighted by atomic mass is 9.95. The Balaban J connectivity index is 1.96. The quantitative estimate of drug-likeness (QED) is 0.810. The number of benzene rings is 2. The first kappa shape index (κ1) is 20.3. The van der Waals surface area contributed by atoms with Gasteiger partial charge in [0.2, 0.25) is 15.9 Å². The van der Waals surface area contributed by atoms with E-state index in [2.05, 4.69) is 4.72 Å². The molecule has 0 radical (unpaired) electrons. The third kappa shape index (κ3) is 3.61. The number of aryl methyl sites for hydroxylation is 1. The summed E-state index contributed by atoms with van der Waals surface area (Å²) in [5.74, 6) is -1.38. The number of amides is 1. The van der Waals surface area contributed by atoms with Crippen molar-refractivity contribution >= 4 is 37.3 Å². The molecule has 1 saturated heterocycles. The summed E-state index contributed by atoms with van der Waals surface area (Å²) in [4.78, 5) is 12.4. The highest BCUT2D eigenvalue weighted by Crippen LogP contribution is 2.36. The number of nitrogens with one attached hydrogen (secondary N) is 1. The van der Waals surface area contributed by atoms with Gasteiger partial charge in [0.25, 0.3) is 10.0 Å². The van der Waals surface area contributed by atoms with Gasteiger partial charge in [0.15, 0.2) is 0 Å². The van der Waals surface area contributed by atoms with E-state index in [1.807, 2.05) is 0 Å². The molecule has 1 aliphatic rings. The van der Waals surface area contributed by atoms with Crippen molar-refractivity contribution in [2.75, 3.05) is 14.8 Å². The minimum atomic E-state index is -3.99. The van der Waals surface area contributed by atoms with Crippen LogP contribution in [0.25, 0.3) is 0 Å². The van der Waals surface area contributed by atoms with Crippen molar-refractivity contribution in [3.8, 4) is 0 Å². The second-order valence-corrected chi connectivity index (χ2v) is 10.7. The van der Waals surface area contributed by atoms with Crippen LogP contribution in [0.3, 0.4) is 0 Å². The summed E-state index contributed by atoms with van der Waals surface area (Å²) in [5, 5.41) is 0. The predicted octanol–water partition coefficient (Wildman–Crippen LogP) is 2.64. The third-order valence-electron chi connectivity index (χ3n) is 4.36. The van der Waals surface area contributed by atoms with Crippen LogP contribution in [-0.2, 0) is 24.8 Å². The number of hydrogen-bond acceptors (Lipinski definition) is 5. The van der Waals surface area contributed by atoms with Gasteiger partial charge in [-0.2, -0.15) is 0 Å². The van der Waals surface area contributed by atoms with E-state index in [-0.39, 0.29) is 27.6 Å². The number of halogens is 1. The molecule has 1 N–H and O–H groups in total. The number of rotatable bonds is 4. The molecule has 0 bridgehead atoms. The number of carbonyl (C=O) groups excluding carboxylic acids is 1. The number of anilines is 2. The minimum absolute atomic E-state index is 0.0797. The van der Waals surface area contributed by atoms with Gasteiger partial charge in [-0.15, -0.1) is 0 Å². The lowest BCUT2D eigenvalue weighted by Gasteiger charge is -2.19. The van der Waals surface area contributed by atoms with E-state index in [4.69, 9.17) is 0 Å². The average Bonchev–Trinajstić information content (AvgIpc) is 2.72. The molecule has 0 saturated carbocycles. The molecule has 10 heteroatoms. The molecule has 1 aliphatic heterocycles.